The van der Waals surface area contributed by atoms with Gasteiger partial charge < -0.3 is 5.32 Å². The molecule has 0 bridgehead atoms. The van der Waals surface area contributed by atoms with E-state index in [1.807, 2.05) is 25.1 Å². The van der Waals surface area contributed by atoms with Gasteiger partial charge in [0.1, 0.15) is 5.82 Å². The Bertz CT molecular complexity index is 904. The molecule has 5 nitrogen and oxygen atoms in total. The van der Waals surface area contributed by atoms with E-state index in [2.05, 4.69) is 58.2 Å². The van der Waals surface area contributed by atoms with E-state index in [9.17, 15) is 4.79 Å². The Morgan fingerprint density at radius 1 is 1.19 bits per heavy atom. The molecule has 2 aromatic heterocycles. The number of nitrogens with one attached hydrogen (secondary N) is 1. The number of rotatable bonds is 7. The minimum absolute atomic E-state index is 0.0970. The van der Waals surface area contributed by atoms with E-state index in [1.54, 1.807) is 11.8 Å². The highest BCUT2D eigenvalue weighted by Gasteiger charge is 2.11. The highest BCUT2D eigenvalue weighted by Crippen LogP contribution is 2.31. The van der Waals surface area contributed by atoms with E-state index < -0.39 is 0 Å². The van der Waals surface area contributed by atoms with Crippen molar-refractivity contribution in [2.45, 2.75) is 55.9 Å². The van der Waals surface area contributed by atoms with Crippen LogP contribution in [0.25, 0.3) is 5.65 Å². The summed E-state index contributed by atoms with van der Waals surface area (Å²) in [5.41, 5.74) is 1.98. The van der Waals surface area contributed by atoms with Crippen molar-refractivity contribution in [1.82, 2.24) is 19.9 Å². The molecule has 3 aromatic rings. The van der Waals surface area contributed by atoms with E-state index in [4.69, 9.17) is 0 Å². The number of carbonyl (C=O) groups excluding carboxylic acids is 1. The van der Waals surface area contributed by atoms with Gasteiger partial charge in [0.05, 0.1) is 0 Å². The van der Waals surface area contributed by atoms with Gasteiger partial charge in [-0.3, -0.25) is 9.20 Å². The number of nitrogens with zero attached hydrogens (tertiary/aromatic N) is 3. The van der Waals surface area contributed by atoms with Crippen molar-refractivity contribution in [1.29, 1.82) is 0 Å². The normalized spacial score (nSPS) is 11.2. The molecule has 1 aromatic carbocycles. The van der Waals surface area contributed by atoms with Gasteiger partial charge in [-0.15, -0.1) is 10.2 Å². The van der Waals surface area contributed by atoms with Crippen LogP contribution in [0.2, 0.25) is 0 Å². The summed E-state index contributed by atoms with van der Waals surface area (Å²) < 4.78 is 2.05. The number of pyridine rings is 1. The minimum atomic E-state index is 0.0970. The second kappa shape index (κ2) is 8.36. The number of fused-ring (bicyclic) bond motifs is 1. The van der Waals surface area contributed by atoms with Gasteiger partial charge in [-0.05, 0) is 30.2 Å². The fourth-order valence-electron chi connectivity index (χ4n) is 2.73. The molecule has 0 aliphatic heterocycles. The Labute approximate surface area is 158 Å². The quantitative estimate of drug-likeness (QED) is 0.671. The molecule has 0 aliphatic rings. The van der Waals surface area contributed by atoms with Crippen molar-refractivity contribution in [2.24, 2.45) is 0 Å². The van der Waals surface area contributed by atoms with Gasteiger partial charge in [-0.2, -0.15) is 0 Å². The number of aromatic nitrogens is 3. The summed E-state index contributed by atoms with van der Waals surface area (Å²) in [5, 5.41) is 11.5. The molecule has 1 N–H and O–H groups in total. The average molecular weight is 369 g/mol. The van der Waals surface area contributed by atoms with Crippen molar-refractivity contribution in [3.8, 4) is 0 Å². The van der Waals surface area contributed by atoms with Crippen molar-refractivity contribution in [3.05, 3.63) is 54.0 Å². The molecular weight excluding hydrogens is 344 g/mol. The fraction of sp³-hybridized carbons (Fsp3) is 0.350. The maximum atomic E-state index is 11.8. The van der Waals surface area contributed by atoms with Crippen LogP contribution >= 0.6 is 11.8 Å². The smallest absolute Gasteiger partial charge is 0.220 e. The monoisotopic (exact) mass is 368 g/mol. The summed E-state index contributed by atoms with van der Waals surface area (Å²) >= 11 is 1.69. The maximum absolute atomic E-state index is 11.8. The van der Waals surface area contributed by atoms with Crippen LogP contribution in [0.4, 0.5) is 0 Å². The summed E-state index contributed by atoms with van der Waals surface area (Å²) in [4.78, 5) is 14.0. The lowest BCUT2D eigenvalue weighted by atomic mass is 10.2. The summed E-state index contributed by atoms with van der Waals surface area (Å²) in [6.45, 7) is 6.79. The van der Waals surface area contributed by atoms with Gasteiger partial charge >= 0.3 is 0 Å². The molecule has 3 rings (SSSR count). The Morgan fingerprint density at radius 3 is 2.77 bits per heavy atom. The Hall–Kier alpha value is -2.34. The van der Waals surface area contributed by atoms with Crippen molar-refractivity contribution >= 4 is 23.3 Å². The zero-order valence-corrected chi connectivity index (χ0v) is 16.2. The van der Waals surface area contributed by atoms with Gasteiger partial charge in [0.15, 0.2) is 5.65 Å². The van der Waals surface area contributed by atoms with E-state index in [-0.39, 0.29) is 5.91 Å². The standard InChI is InChI=1S/C20H24N4OS/c1-4-7-19(25)21-12-15-8-5-6-9-17(15)26-16-10-11-18-22-23-20(14(2)3)24(18)13-16/h5-6,8-11,13-14H,4,7,12H2,1-3H3,(H,21,25). The topological polar surface area (TPSA) is 59.3 Å². The second-order valence-corrected chi connectivity index (χ2v) is 7.66. The summed E-state index contributed by atoms with van der Waals surface area (Å²) in [6, 6.07) is 12.2. The Balaban J connectivity index is 1.81. The molecule has 0 radical (unpaired) electrons. The molecule has 0 spiro atoms. The minimum Gasteiger partial charge on any atom is -0.352 e. The average Bonchev–Trinajstić information content (AvgIpc) is 3.05. The molecule has 136 valence electrons. The molecule has 0 saturated carbocycles. The van der Waals surface area contributed by atoms with Crippen LogP contribution in [0.15, 0.2) is 52.4 Å². The van der Waals surface area contributed by atoms with Crippen LogP contribution in [-0.2, 0) is 11.3 Å². The number of benzene rings is 1. The lowest BCUT2D eigenvalue weighted by Gasteiger charge is -2.11. The fourth-order valence-corrected chi connectivity index (χ4v) is 3.69. The molecule has 0 aliphatic carbocycles. The predicted molar refractivity (Wildman–Crippen MR) is 104 cm³/mol. The number of carbonyl (C=O) groups is 1. The van der Waals surface area contributed by atoms with Crippen LogP contribution < -0.4 is 5.32 Å². The summed E-state index contributed by atoms with van der Waals surface area (Å²) in [6.07, 6.45) is 3.51. The van der Waals surface area contributed by atoms with Gasteiger partial charge in [0, 0.05) is 34.9 Å². The van der Waals surface area contributed by atoms with Crippen LogP contribution in [-0.4, -0.2) is 20.5 Å². The van der Waals surface area contributed by atoms with Crippen LogP contribution in [0.1, 0.15) is 50.9 Å². The highest BCUT2D eigenvalue weighted by molar-refractivity contribution is 7.99. The van der Waals surface area contributed by atoms with Crippen LogP contribution in [0.5, 0.6) is 0 Å². The molecular formula is C20H24N4OS. The zero-order chi connectivity index (χ0) is 18.5. The van der Waals surface area contributed by atoms with E-state index in [0.717, 1.165) is 33.2 Å². The van der Waals surface area contributed by atoms with Gasteiger partial charge in [0.2, 0.25) is 5.91 Å². The van der Waals surface area contributed by atoms with Gasteiger partial charge in [-0.25, -0.2) is 0 Å². The molecule has 6 heteroatoms. The summed E-state index contributed by atoms with van der Waals surface area (Å²) in [5.74, 6) is 1.37. The third-order valence-electron chi connectivity index (χ3n) is 4.07. The van der Waals surface area contributed by atoms with E-state index in [0.29, 0.717) is 18.9 Å². The first-order valence-electron chi connectivity index (χ1n) is 8.95. The first-order chi connectivity index (χ1) is 12.6. The van der Waals surface area contributed by atoms with E-state index >= 15 is 0 Å². The molecule has 0 saturated heterocycles. The third kappa shape index (κ3) is 4.25. The number of hydrogen-bond donors (Lipinski definition) is 1. The molecule has 0 fully saturated rings. The van der Waals surface area contributed by atoms with Gasteiger partial charge in [-0.1, -0.05) is 50.7 Å². The lowest BCUT2D eigenvalue weighted by molar-refractivity contribution is -0.121. The highest BCUT2D eigenvalue weighted by atomic mass is 32.2. The van der Waals surface area contributed by atoms with Crippen LogP contribution in [0, 0.1) is 0 Å². The molecule has 26 heavy (non-hydrogen) atoms. The third-order valence-corrected chi connectivity index (χ3v) is 5.17. The maximum Gasteiger partial charge on any atom is 0.220 e. The van der Waals surface area contributed by atoms with E-state index in [1.165, 1.54) is 0 Å². The molecule has 0 atom stereocenters. The first kappa shape index (κ1) is 18.5. The Morgan fingerprint density at radius 2 is 2.00 bits per heavy atom. The largest absolute Gasteiger partial charge is 0.352 e. The molecule has 2 heterocycles. The second-order valence-electron chi connectivity index (χ2n) is 6.54. The zero-order valence-electron chi connectivity index (χ0n) is 15.4. The molecule has 0 unspecified atom stereocenters. The van der Waals surface area contributed by atoms with Crippen LogP contribution in [0.3, 0.4) is 0 Å². The number of amides is 1. The lowest BCUT2D eigenvalue weighted by Crippen LogP contribution is -2.22. The van der Waals surface area contributed by atoms with Crippen molar-refractivity contribution in [3.63, 3.8) is 0 Å². The number of hydrogen-bond acceptors (Lipinski definition) is 4. The van der Waals surface area contributed by atoms with Crippen molar-refractivity contribution < 1.29 is 4.79 Å². The van der Waals surface area contributed by atoms with Crippen molar-refractivity contribution in [2.75, 3.05) is 0 Å². The SMILES string of the molecule is CCCC(=O)NCc1ccccc1Sc1ccc2nnc(C(C)C)n2c1. The Kier molecular flexibility index (Phi) is 5.93. The summed E-state index contributed by atoms with van der Waals surface area (Å²) in [7, 11) is 0. The molecule has 1 amide bonds. The van der Waals surface area contributed by atoms with Gasteiger partial charge in [0.25, 0.3) is 0 Å². The first-order valence-corrected chi connectivity index (χ1v) is 9.77. The predicted octanol–water partition coefficient (Wildman–Crippen LogP) is 4.42.